The zero-order chi connectivity index (χ0) is 18.8. The molecule has 0 aliphatic heterocycles. The van der Waals surface area contributed by atoms with Crippen molar-refractivity contribution < 1.29 is 19.1 Å². The molecule has 0 spiro atoms. The average Bonchev–Trinajstić information content (AvgIpc) is 2.63. The number of hydrogen-bond donors (Lipinski definition) is 1. The van der Waals surface area contributed by atoms with E-state index >= 15 is 0 Å². The second kappa shape index (κ2) is 10.1. The average molecular weight is 356 g/mol. The molecule has 6 heteroatoms. The van der Waals surface area contributed by atoms with E-state index in [1.165, 1.54) is 6.92 Å². The topological polar surface area (TPSA) is 69.2 Å². The van der Waals surface area contributed by atoms with Gasteiger partial charge in [-0.2, -0.15) is 0 Å². The fourth-order valence-corrected chi connectivity index (χ4v) is 2.19. The van der Waals surface area contributed by atoms with E-state index in [4.69, 9.17) is 14.3 Å². The number of anilines is 1. The van der Waals surface area contributed by atoms with Crippen LogP contribution >= 0.6 is 0 Å². The van der Waals surface area contributed by atoms with Gasteiger partial charge in [-0.1, -0.05) is 17.3 Å². The largest absolute Gasteiger partial charge is 0.494 e. The van der Waals surface area contributed by atoms with Crippen molar-refractivity contribution in [2.24, 2.45) is 5.16 Å². The monoisotopic (exact) mass is 356 g/mol. The molecule has 0 aromatic heterocycles. The van der Waals surface area contributed by atoms with Gasteiger partial charge in [-0.15, -0.1) is 0 Å². The highest BCUT2D eigenvalue weighted by Gasteiger charge is 2.00. The number of hydrogen-bond acceptors (Lipinski definition) is 5. The Morgan fingerprint density at radius 3 is 2.12 bits per heavy atom. The lowest BCUT2D eigenvalue weighted by Crippen LogP contribution is -2.07. The minimum Gasteiger partial charge on any atom is -0.494 e. The van der Waals surface area contributed by atoms with Crippen LogP contribution in [0.25, 0.3) is 0 Å². The first-order chi connectivity index (χ1) is 12.6. The number of oxime groups is 1. The molecular formula is C20H24N2O4. The molecule has 26 heavy (non-hydrogen) atoms. The van der Waals surface area contributed by atoms with Crippen molar-refractivity contribution in [3.8, 4) is 11.5 Å². The highest BCUT2D eigenvalue weighted by molar-refractivity contribution is 5.99. The zero-order valence-electron chi connectivity index (χ0n) is 15.3. The summed E-state index contributed by atoms with van der Waals surface area (Å²) in [5.41, 5.74) is 2.42. The van der Waals surface area contributed by atoms with Crippen molar-refractivity contribution in [3.63, 3.8) is 0 Å². The Hall–Kier alpha value is -3.02. The quantitative estimate of drug-likeness (QED) is 0.421. The van der Waals surface area contributed by atoms with Crippen molar-refractivity contribution in [1.29, 1.82) is 0 Å². The molecule has 0 aliphatic rings. The molecule has 1 amide bonds. The Morgan fingerprint density at radius 1 is 0.923 bits per heavy atom. The third kappa shape index (κ3) is 6.47. The van der Waals surface area contributed by atoms with Gasteiger partial charge in [0.15, 0.2) is 6.61 Å². The number of benzene rings is 2. The third-order valence-corrected chi connectivity index (χ3v) is 3.40. The number of nitrogens with zero attached hydrogens (tertiary/aromatic N) is 1. The van der Waals surface area contributed by atoms with Gasteiger partial charge in [0, 0.05) is 12.6 Å². The summed E-state index contributed by atoms with van der Waals surface area (Å²) in [6, 6.07) is 14.9. The molecular weight excluding hydrogens is 332 g/mol. The van der Waals surface area contributed by atoms with Crippen LogP contribution in [0.4, 0.5) is 5.69 Å². The maximum Gasteiger partial charge on any atom is 0.221 e. The highest BCUT2D eigenvalue weighted by atomic mass is 16.6. The lowest BCUT2D eigenvalue weighted by Gasteiger charge is -2.08. The maximum absolute atomic E-state index is 11.0. The third-order valence-electron chi connectivity index (χ3n) is 3.40. The number of ether oxygens (including phenoxy) is 2. The van der Waals surface area contributed by atoms with E-state index in [-0.39, 0.29) is 5.91 Å². The minimum atomic E-state index is -0.0981. The number of rotatable bonds is 9. The molecule has 0 atom stereocenters. The van der Waals surface area contributed by atoms with Crippen molar-refractivity contribution in [2.75, 3.05) is 25.1 Å². The van der Waals surface area contributed by atoms with Gasteiger partial charge in [-0.25, -0.2) is 0 Å². The molecule has 1 N–H and O–H groups in total. The van der Waals surface area contributed by atoms with E-state index < -0.39 is 0 Å². The van der Waals surface area contributed by atoms with Gasteiger partial charge in [0.1, 0.15) is 18.1 Å². The second-order valence-corrected chi connectivity index (χ2v) is 5.52. The molecule has 2 aromatic rings. The van der Waals surface area contributed by atoms with Crippen molar-refractivity contribution >= 4 is 17.3 Å². The van der Waals surface area contributed by atoms with Crippen molar-refractivity contribution in [3.05, 3.63) is 54.1 Å². The number of carbonyl (C=O) groups is 1. The lowest BCUT2D eigenvalue weighted by molar-refractivity contribution is -0.114. The zero-order valence-corrected chi connectivity index (χ0v) is 15.3. The van der Waals surface area contributed by atoms with Crippen LogP contribution in [-0.4, -0.2) is 31.4 Å². The summed E-state index contributed by atoms with van der Waals surface area (Å²) in [6.07, 6.45) is 0. The predicted octanol–water partition coefficient (Wildman–Crippen LogP) is 3.86. The van der Waals surface area contributed by atoms with Crippen molar-refractivity contribution in [2.45, 2.75) is 20.8 Å². The van der Waals surface area contributed by atoms with Crippen LogP contribution < -0.4 is 14.8 Å². The molecule has 0 unspecified atom stereocenters. The van der Waals surface area contributed by atoms with E-state index in [1.807, 2.05) is 62.4 Å². The standard InChI is InChI=1S/C20H24N2O4/c1-4-24-19-9-11-20(12-10-19)25-13-14-26-22-15(2)17-5-7-18(8-6-17)21-16(3)23/h5-12H,4,13-14H2,1-3H3,(H,21,23). The van der Waals surface area contributed by atoms with Crippen LogP contribution in [0.15, 0.2) is 53.7 Å². The first kappa shape index (κ1) is 19.3. The first-order valence-corrected chi connectivity index (χ1v) is 8.48. The minimum absolute atomic E-state index is 0.0981. The molecule has 0 saturated carbocycles. The summed E-state index contributed by atoms with van der Waals surface area (Å²) in [6.45, 7) is 6.66. The summed E-state index contributed by atoms with van der Waals surface area (Å²) in [5.74, 6) is 1.48. The van der Waals surface area contributed by atoms with E-state index in [0.717, 1.165) is 28.5 Å². The molecule has 138 valence electrons. The van der Waals surface area contributed by atoms with E-state index in [2.05, 4.69) is 10.5 Å². The summed E-state index contributed by atoms with van der Waals surface area (Å²) in [5, 5.41) is 6.81. The van der Waals surface area contributed by atoms with Crippen LogP contribution in [0.3, 0.4) is 0 Å². The number of amides is 1. The molecule has 0 heterocycles. The van der Waals surface area contributed by atoms with Crippen LogP contribution in [0.2, 0.25) is 0 Å². The summed E-state index contributed by atoms with van der Waals surface area (Å²) in [7, 11) is 0. The molecule has 0 aliphatic carbocycles. The van der Waals surface area contributed by atoms with Crippen LogP contribution in [0, 0.1) is 0 Å². The fourth-order valence-electron chi connectivity index (χ4n) is 2.19. The normalized spacial score (nSPS) is 11.0. The lowest BCUT2D eigenvalue weighted by atomic mass is 10.1. The Morgan fingerprint density at radius 2 is 1.54 bits per heavy atom. The van der Waals surface area contributed by atoms with Crippen molar-refractivity contribution in [1.82, 2.24) is 0 Å². The summed E-state index contributed by atoms with van der Waals surface area (Å²) >= 11 is 0. The highest BCUT2D eigenvalue weighted by Crippen LogP contribution is 2.17. The van der Waals surface area contributed by atoms with Crippen LogP contribution in [-0.2, 0) is 9.63 Å². The van der Waals surface area contributed by atoms with Gasteiger partial charge < -0.3 is 19.6 Å². The molecule has 6 nitrogen and oxygen atoms in total. The predicted molar refractivity (Wildman–Crippen MR) is 102 cm³/mol. The first-order valence-electron chi connectivity index (χ1n) is 8.48. The van der Waals surface area contributed by atoms with E-state index in [0.29, 0.717) is 19.8 Å². The van der Waals surface area contributed by atoms with Gasteiger partial charge in [0.2, 0.25) is 5.91 Å². The Labute approximate surface area is 153 Å². The van der Waals surface area contributed by atoms with E-state index in [1.54, 1.807) is 0 Å². The maximum atomic E-state index is 11.0. The molecule has 0 fully saturated rings. The van der Waals surface area contributed by atoms with Crippen LogP contribution in [0.1, 0.15) is 26.3 Å². The summed E-state index contributed by atoms with van der Waals surface area (Å²) in [4.78, 5) is 16.3. The molecule has 2 aromatic carbocycles. The van der Waals surface area contributed by atoms with Gasteiger partial charge in [0.05, 0.1) is 12.3 Å². The molecule has 2 rings (SSSR count). The van der Waals surface area contributed by atoms with Gasteiger partial charge in [-0.05, 0) is 55.8 Å². The molecule has 0 bridgehead atoms. The van der Waals surface area contributed by atoms with E-state index in [9.17, 15) is 4.79 Å². The Balaban J connectivity index is 1.74. The van der Waals surface area contributed by atoms with Crippen LogP contribution in [0.5, 0.6) is 11.5 Å². The SMILES string of the molecule is CCOc1ccc(OCCON=C(C)c2ccc(NC(C)=O)cc2)cc1. The second-order valence-electron chi connectivity index (χ2n) is 5.52. The Bertz CT molecular complexity index is 724. The fraction of sp³-hybridized carbons (Fsp3) is 0.300. The number of nitrogens with one attached hydrogen (secondary N) is 1. The number of carbonyl (C=O) groups excluding carboxylic acids is 1. The smallest absolute Gasteiger partial charge is 0.221 e. The summed E-state index contributed by atoms with van der Waals surface area (Å²) < 4.78 is 11.0. The van der Waals surface area contributed by atoms with Gasteiger partial charge in [0.25, 0.3) is 0 Å². The Kier molecular flexibility index (Phi) is 7.49. The van der Waals surface area contributed by atoms with Gasteiger partial charge >= 0.3 is 0 Å². The molecule has 0 radical (unpaired) electrons. The van der Waals surface area contributed by atoms with Gasteiger partial charge in [-0.3, -0.25) is 4.79 Å². The molecule has 0 saturated heterocycles.